The van der Waals surface area contributed by atoms with Gasteiger partial charge in [-0.3, -0.25) is 9.59 Å². The summed E-state index contributed by atoms with van der Waals surface area (Å²) in [7, 11) is 0. The molecule has 0 fully saturated rings. The second-order valence-corrected chi connectivity index (χ2v) is 7.38. The van der Waals surface area contributed by atoms with Crippen LogP contribution in [0.3, 0.4) is 0 Å². The molecule has 0 aliphatic heterocycles. The predicted molar refractivity (Wildman–Crippen MR) is 112 cm³/mol. The highest BCUT2D eigenvalue weighted by Gasteiger charge is 2.27. The number of carbonyl (C=O) groups excluding carboxylic acids is 2. The topological polar surface area (TPSA) is 76.0 Å². The van der Waals surface area contributed by atoms with Crippen molar-refractivity contribution < 1.29 is 18.4 Å². The van der Waals surface area contributed by atoms with Gasteiger partial charge >= 0.3 is 0 Å². The summed E-state index contributed by atoms with van der Waals surface area (Å²) >= 11 is 0. The van der Waals surface area contributed by atoms with E-state index in [2.05, 4.69) is 15.7 Å². The summed E-state index contributed by atoms with van der Waals surface area (Å²) in [4.78, 5) is 25.1. The molecule has 0 saturated carbocycles. The van der Waals surface area contributed by atoms with Gasteiger partial charge in [0.25, 0.3) is 5.91 Å². The molecule has 0 spiro atoms. The second kappa shape index (κ2) is 8.67. The summed E-state index contributed by atoms with van der Waals surface area (Å²) in [5.74, 6) is -2.74. The fourth-order valence-corrected chi connectivity index (χ4v) is 3.84. The predicted octanol–water partition coefficient (Wildman–Crippen LogP) is 3.57. The average Bonchev–Trinajstić information content (AvgIpc) is 3.37. The van der Waals surface area contributed by atoms with Gasteiger partial charge in [-0.2, -0.15) is 5.10 Å². The van der Waals surface area contributed by atoms with Crippen LogP contribution < -0.4 is 10.6 Å². The summed E-state index contributed by atoms with van der Waals surface area (Å²) in [5.41, 5.74) is 3.86. The van der Waals surface area contributed by atoms with Crippen molar-refractivity contribution in [2.45, 2.75) is 32.6 Å². The van der Waals surface area contributed by atoms with E-state index in [9.17, 15) is 18.4 Å². The van der Waals surface area contributed by atoms with Gasteiger partial charge in [-0.05, 0) is 49.4 Å². The van der Waals surface area contributed by atoms with Crippen molar-refractivity contribution in [3.05, 3.63) is 76.6 Å². The smallest absolute Gasteiger partial charge is 0.272 e. The Balaban J connectivity index is 1.49. The molecule has 1 aliphatic rings. The Bertz CT molecular complexity index is 1160. The Labute approximate surface area is 178 Å². The Morgan fingerprint density at radius 3 is 2.68 bits per heavy atom. The van der Waals surface area contributed by atoms with Crippen molar-refractivity contribution in [3.8, 4) is 5.69 Å². The van der Waals surface area contributed by atoms with E-state index in [-0.39, 0.29) is 18.1 Å². The highest BCUT2D eigenvalue weighted by atomic mass is 19.2. The van der Waals surface area contributed by atoms with Crippen LogP contribution in [0.2, 0.25) is 0 Å². The van der Waals surface area contributed by atoms with Crippen molar-refractivity contribution in [3.63, 3.8) is 0 Å². The number of nitrogens with one attached hydrogen (secondary N) is 2. The zero-order chi connectivity index (χ0) is 22.0. The number of aromatic nitrogens is 2. The first-order valence-electron chi connectivity index (χ1n) is 10.2. The van der Waals surface area contributed by atoms with Crippen LogP contribution in [0.25, 0.3) is 5.69 Å². The molecular weight excluding hydrogens is 402 g/mol. The molecule has 2 N–H and O–H groups in total. The van der Waals surface area contributed by atoms with Crippen molar-refractivity contribution in [1.29, 1.82) is 0 Å². The number of amides is 2. The molecule has 2 amide bonds. The maximum Gasteiger partial charge on any atom is 0.272 e. The zero-order valence-corrected chi connectivity index (χ0v) is 17.0. The monoisotopic (exact) mass is 424 g/mol. The van der Waals surface area contributed by atoms with Crippen LogP contribution in [0, 0.1) is 11.6 Å². The normalized spacial score (nSPS) is 12.5. The number of aryl methyl sites for hydroxylation is 1. The van der Waals surface area contributed by atoms with Gasteiger partial charge in [-0.1, -0.05) is 25.1 Å². The van der Waals surface area contributed by atoms with Crippen molar-refractivity contribution in [2.75, 3.05) is 11.9 Å². The van der Waals surface area contributed by atoms with Gasteiger partial charge in [0.15, 0.2) is 17.3 Å². The third kappa shape index (κ3) is 4.19. The molecule has 3 aromatic rings. The molecule has 1 heterocycles. The van der Waals surface area contributed by atoms with Crippen LogP contribution in [-0.2, 0) is 24.1 Å². The lowest BCUT2D eigenvalue weighted by molar-refractivity contribution is -0.115. The molecule has 0 atom stereocenters. The SMILES string of the molecule is CCc1ccccc1NC(=O)CNC(=O)c1nn(-c2ccc(F)c(F)c2)c2c1CCC2. The molecule has 0 bridgehead atoms. The summed E-state index contributed by atoms with van der Waals surface area (Å²) in [6.07, 6.45) is 2.96. The van der Waals surface area contributed by atoms with Crippen LogP contribution in [0.5, 0.6) is 0 Å². The summed E-state index contributed by atoms with van der Waals surface area (Å²) in [5, 5.41) is 9.76. The number of anilines is 1. The van der Waals surface area contributed by atoms with Gasteiger partial charge < -0.3 is 10.6 Å². The van der Waals surface area contributed by atoms with Gasteiger partial charge in [0.05, 0.1) is 12.2 Å². The first kappa shape index (κ1) is 20.7. The van der Waals surface area contributed by atoms with Crippen molar-refractivity contribution in [2.24, 2.45) is 0 Å². The highest BCUT2D eigenvalue weighted by Crippen LogP contribution is 2.28. The Morgan fingerprint density at radius 2 is 1.90 bits per heavy atom. The number of rotatable bonds is 6. The van der Waals surface area contributed by atoms with Crippen molar-refractivity contribution >= 4 is 17.5 Å². The van der Waals surface area contributed by atoms with E-state index < -0.39 is 17.5 Å². The van der Waals surface area contributed by atoms with Crippen LogP contribution >= 0.6 is 0 Å². The molecule has 1 aliphatic carbocycles. The van der Waals surface area contributed by atoms with Crippen molar-refractivity contribution in [1.82, 2.24) is 15.1 Å². The third-order valence-corrected chi connectivity index (χ3v) is 5.37. The molecule has 31 heavy (non-hydrogen) atoms. The van der Waals surface area contributed by atoms with E-state index in [1.54, 1.807) is 0 Å². The second-order valence-electron chi connectivity index (χ2n) is 7.38. The highest BCUT2D eigenvalue weighted by molar-refractivity contribution is 5.99. The number of hydrogen-bond acceptors (Lipinski definition) is 3. The standard InChI is InChI=1S/C23H22F2N4O2/c1-2-14-6-3-4-8-19(14)27-21(30)13-26-23(31)22-16-7-5-9-20(16)29(28-22)15-10-11-17(24)18(25)12-15/h3-4,6,8,10-12H,2,5,7,9,13H2,1H3,(H,26,31)(H,27,30). The molecule has 4 rings (SSSR count). The number of halogens is 2. The van der Waals surface area contributed by atoms with Gasteiger partial charge in [-0.15, -0.1) is 0 Å². The molecule has 1 aromatic heterocycles. The molecule has 8 heteroatoms. The number of para-hydroxylation sites is 1. The fourth-order valence-electron chi connectivity index (χ4n) is 3.84. The van der Waals surface area contributed by atoms with Gasteiger partial charge in [0.1, 0.15) is 0 Å². The average molecular weight is 424 g/mol. The van der Waals surface area contributed by atoms with Crippen LogP contribution in [0.15, 0.2) is 42.5 Å². The first-order valence-corrected chi connectivity index (χ1v) is 10.2. The first-order chi connectivity index (χ1) is 15.0. The van der Waals surface area contributed by atoms with Crippen LogP contribution in [-0.4, -0.2) is 28.1 Å². The van der Waals surface area contributed by atoms with Crippen LogP contribution in [0.1, 0.15) is 40.7 Å². The third-order valence-electron chi connectivity index (χ3n) is 5.37. The van der Waals surface area contributed by atoms with Gasteiger partial charge in [0, 0.05) is 23.0 Å². The minimum absolute atomic E-state index is 0.205. The summed E-state index contributed by atoms with van der Waals surface area (Å²) in [6, 6.07) is 11.0. The minimum Gasteiger partial charge on any atom is -0.342 e. The maximum atomic E-state index is 13.7. The zero-order valence-electron chi connectivity index (χ0n) is 17.0. The molecule has 6 nitrogen and oxygen atoms in total. The van der Waals surface area contributed by atoms with Gasteiger partial charge in [0.2, 0.25) is 5.91 Å². The summed E-state index contributed by atoms with van der Waals surface area (Å²) in [6.45, 7) is 1.79. The van der Waals surface area contributed by atoms with E-state index in [0.29, 0.717) is 24.2 Å². The Hall–Kier alpha value is -3.55. The number of fused-ring (bicyclic) bond motifs is 1. The molecule has 160 valence electrons. The van der Waals surface area contributed by atoms with E-state index in [4.69, 9.17) is 0 Å². The fraction of sp³-hybridized carbons (Fsp3) is 0.261. The number of benzene rings is 2. The lowest BCUT2D eigenvalue weighted by atomic mass is 10.1. The largest absolute Gasteiger partial charge is 0.342 e. The molecule has 0 unspecified atom stereocenters. The molecule has 0 radical (unpaired) electrons. The molecule has 0 saturated heterocycles. The maximum absolute atomic E-state index is 13.7. The lowest BCUT2D eigenvalue weighted by Gasteiger charge is -2.10. The number of carbonyl (C=O) groups is 2. The van der Waals surface area contributed by atoms with E-state index in [1.807, 2.05) is 31.2 Å². The van der Waals surface area contributed by atoms with E-state index in [1.165, 1.54) is 10.7 Å². The summed E-state index contributed by atoms with van der Waals surface area (Å²) < 4.78 is 28.5. The molecule has 2 aromatic carbocycles. The lowest BCUT2D eigenvalue weighted by Crippen LogP contribution is -2.33. The Kier molecular flexibility index (Phi) is 5.79. The van der Waals surface area contributed by atoms with E-state index >= 15 is 0 Å². The minimum atomic E-state index is -0.977. The van der Waals surface area contributed by atoms with Crippen LogP contribution in [0.4, 0.5) is 14.5 Å². The quantitative estimate of drug-likeness (QED) is 0.635. The van der Waals surface area contributed by atoms with E-state index in [0.717, 1.165) is 41.8 Å². The molecular formula is C23H22F2N4O2. The van der Waals surface area contributed by atoms with Gasteiger partial charge in [-0.25, -0.2) is 13.5 Å². The number of nitrogens with zero attached hydrogens (tertiary/aromatic N) is 2. The number of hydrogen-bond donors (Lipinski definition) is 2. The Morgan fingerprint density at radius 1 is 1.10 bits per heavy atom.